The molecule has 0 aliphatic carbocycles. The van der Waals surface area contributed by atoms with Crippen LogP contribution in [0.15, 0.2) is 59.1 Å². The molecule has 5 heteroatoms. The van der Waals surface area contributed by atoms with Crippen molar-refractivity contribution in [2.24, 2.45) is 0 Å². The van der Waals surface area contributed by atoms with Crippen LogP contribution in [0.25, 0.3) is 11.5 Å². The first kappa shape index (κ1) is 18.4. The van der Waals surface area contributed by atoms with Gasteiger partial charge in [-0.05, 0) is 42.5 Å². The van der Waals surface area contributed by atoms with Crippen LogP contribution in [0.1, 0.15) is 42.6 Å². The Kier molecular flexibility index (Phi) is 5.51. The summed E-state index contributed by atoms with van der Waals surface area (Å²) in [6.07, 6.45) is 3.40. The van der Waals surface area contributed by atoms with Crippen molar-refractivity contribution in [3.05, 3.63) is 71.5 Å². The lowest BCUT2D eigenvalue weighted by Gasteiger charge is -2.15. The van der Waals surface area contributed by atoms with E-state index in [-0.39, 0.29) is 11.8 Å². The number of aryl methyl sites for hydroxylation is 2. The zero-order chi connectivity index (χ0) is 19.3. The highest BCUT2D eigenvalue weighted by molar-refractivity contribution is 5.79. The molecule has 1 aliphatic rings. The Morgan fingerprint density at radius 2 is 1.86 bits per heavy atom. The lowest BCUT2D eigenvalue weighted by molar-refractivity contribution is -0.127. The van der Waals surface area contributed by atoms with Crippen molar-refractivity contribution in [3.63, 3.8) is 0 Å². The molecule has 28 heavy (non-hydrogen) atoms. The van der Waals surface area contributed by atoms with Crippen molar-refractivity contribution >= 4 is 5.91 Å². The molecule has 2 heterocycles. The Labute approximate surface area is 165 Å². The van der Waals surface area contributed by atoms with E-state index >= 15 is 0 Å². The Morgan fingerprint density at radius 3 is 2.61 bits per heavy atom. The molecule has 0 saturated carbocycles. The predicted octanol–water partition coefficient (Wildman–Crippen LogP) is 4.25. The molecule has 2 aromatic carbocycles. The second-order valence-electron chi connectivity index (χ2n) is 7.34. The van der Waals surface area contributed by atoms with E-state index in [1.54, 1.807) is 0 Å². The summed E-state index contributed by atoms with van der Waals surface area (Å²) in [5.41, 5.74) is 3.50. The van der Waals surface area contributed by atoms with E-state index in [2.05, 4.69) is 53.5 Å². The van der Waals surface area contributed by atoms with Gasteiger partial charge in [-0.2, -0.15) is 4.98 Å². The molecule has 1 fully saturated rings. The van der Waals surface area contributed by atoms with Crippen molar-refractivity contribution in [1.29, 1.82) is 0 Å². The minimum absolute atomic E-state index is 0.0108. The monoisotopic (exact) mass is 375 g/mol. The Morgan fingerprint density at radius 1 is 1.07 bits per heavy atom. The number of nitrogens with zero attached hydrogens (tertiary/aromatic N) is 3. The van der Waals surface area contributed by atoms with Crippen molar-refractivity contribution in [2.45, 2.75) is 38.5 Å². The van der Waals surface area contributed by atoms with Crippen LogP contribution in [0.2, 0.25) is 0 Å². The van der Waals surface area contributed by atoms with Gasteiger partial charge < -0.3 is 9.42 Å². The summed E-state index contributed by atoms with van der Waals surface area (Å²) in [5.74, 6) is 1.34. The van der Waals surface area contributed by atoms with Crippen molar-refractivity contribution < 1.29 is 9.32 Å². The van der Waals surface area contributed by atoms with Gasteiger partial charge in [-0.1, -0.05) is 54.5 Å². The predicted molar refractivity (Wildman–Crippen MR) is 108 cm³/mol. The Bertz CT molecular complexity index is 919. The first-order chi connectivity index (χ1) is 13.7. The molecule has 0 spiro atoms. The maximum atomic E-state index is 12.4. The number of rotatable bonds is 7. The zero-order valence-electron chi connectivity index (χ0n) is 16.2. The van der Waals surface area contributed by atoms with Crippen LogP contribution in [-0.2, 0) is 17.6 Å². The molecular formula is C23H25N3O2. The molecule has 5 nitrogen and oxygen atoms in total. The molecule has 1 atom stereocenters. The number of carbonyl (C=O) groups is 1. The van der Waals surface area contributed by atoms with Gasteiger partial charge in [-0.3, -0.25) is 4.79 Å². The SMILES string of the molecule is CCc1ccc(-c2nc(C3CC(=O)N(CCCc4ccccc4)C3)no2)cc1. The molecule has 0 N–H and O–H groups in total. The van der Waals surface area contributed by atoms with Crippen LogP contribution < -0.4 is 0 Å². The number of benzene rings is 2. The van der Waals surface area contributed by atoms with Crippen LogP contribution >= 0.6 is 0 Å². The third kappa shape index (κ3) is 4.14. The van der Waals surface area contributed by atoms with Gasteiger partial charge in [0.1, 0.15) is 0 Å². The van der Waals surface area contributed by atoms with Gasteiger partial charge in [0.05, 0.1) is 0 Å². The Hall–Kier alpha value is -2.95. The average Bonchev–Trinajstić information content (AvgIpc) is 3.36. The summed E-state index contributed by atoms with van der Waals surface area (Å²) in [5, 5.41) is 4.15. The summed E-state index contributed by atoms with van der Waals surface area (Å²) in [4.78, 5) is 18.9. The molecule has 1 aromatic heterocycles. The minimum atomic E-state index is 0.0108. The normalized spacial score (nSPS) is 16.7. The summed E-state index contributed by atoms with van der Waals surface area (Å²) >= 11 is 0. The number of hydrogen-bond donors (Lipinski definition) is 0. The summed E-state index contributed by atoms with van der Waals surface area (Å²) in [6.45, 7) is 3.57. The van der Waals surface area contributed by atoms with Crippen LogP contribution in [-0.4, -0.2) is 34.0 Å². The lowest BCUT2D eigenvalue weighted by atomic mass is 10.1. The maximum absolute atomic E-state index is 12.4. The highest BCUT2D eigenvalue weighted by atomic mass is 16.5. The number of amides is 1. The van der Waals surface area contributed by atoms with Gasteiger partial charge >= 0.3 is 0 Å². The first-order valence-corrected chi connectivity index (χ1v) is 9.97. The van der Waals surface area contributed by atoms with E-state index in [0.717, 1.165) is 31.4 Å². The molecule has 1 unspecified atom stereocenters. The zero-order valence-corrected chi connectivity index (χ0v) is 16.2. The average molecular weight is 375 g/mol. The van der Waals surface area contributed by atoms with E-state index < -0.39 is 0 Å². The molecule has 1 aliphatic heterocycles. The van der Waals surface area contributed by atoms with Gasteiger partial charge in [0.25, 0.3) is 5.89 Å². The van der Waals surface area contributed by atoms with Crippen molar-refractivity contribution in [1.82, 2.24) is 15.0 Å². The van der Waals surface area contributed by atoms with Crippen LogP contribution in [0, 0.1) is 0 Å². The van der Waals surface area contributed by atoms with Crippen molar-refractivity contribution in [3.8, 4) is 11.5 Å². The standard InChI is InChI=1S/C23H25N3O2/c1-2-17-10-12-19(13-11-17)23-24-22(25-28-23)20-15-21(27)26(16-20)14-6-9-18-7-4-3-5-8-18/h3-5,7-8,10-13,20H,2,6,9,14-16H2,1H3. The van der Waals surface area contributed by atoms with Gasteiger partial charge in [0, 0.05) is 31.0 Å². The fourth-order valence-electron chi connectivity index (χ4n) is 3.68. The molecule has 0 radical (unpaired) electrons. The van der Waals surface area contributed by atoms with E-state index in [1.165, 1.54) is 11.1 Å². The van der Waals surface area contributed by atoms with Gasteiger partial charge in [-0.25, -0.2) is 0 Å². The van der Waals surface area contributed by atoms with Crippen LogP contribution in [0.3, 0.4) is 0 Å². The molecule has 0 bridgehead atoms. The minimum Gasteiger partial charge on any atom is -0.342 e. The first-order valence-electron chi connectivity index (χ1n) is 9.97. The highest BCUT2D eigenvalue weighted by Crippen LogP contribution is 2.28. The smallest absolute Gasteiger partial charge is 0.257 e. The van der Waals surface area contributed by atoms with E-state index in [9.17, 15) is 4.79 Å². The molecule has 4 rings (SSSR count). The van der Waals surface area contributed by atoms with Crippen LogP contribution in [0.5, 0.6) is 0 Å². The van der Waals surface area contributed by atoms with Gasteiger partial charge in [0.15, 0.2) is 5.82 Å². The topological polar surface area (TPSA) is 59.2 Å². The third-order valence-electron chi connectivity index (χ3n) is 5.37. The maximum Gasteiger partial charge on any atom is 0.257 e. The Balaban J connectivity index is 1.35. The second kappa shape index (κ2) is 8.38. The fourth-order valence-corrected chi connectivity index (χ4v) is 3.68. The van der Waals surface area contributed by atoms with Crippen molar-refractivity contribution in [2.75, 3.05) is 13.1 Å². The summed E-state index contributed by atoms with van der Waals surface area (Å²) in [7, 11) is 0. The molecular weight excluding hydrogens is 350 g/mol. The molecule has 144 valence electrons. The number of likely N-dealkylation sites (tertiary alicyclic amines) is 1. The van der Waals surface area contributed by atoms with Crippen LogP contribution in [0.4, 0.5) is 0 Å². The lowest BCUT2D eigenvalue weighted by Crippen LogP contribution is -2.26. The summed E-state index contributed by atoms with van der Waals surface area (Å²) < 4.78 is 5.46. The van der Waals surface area contributed by atoms with Gasteiger partial charge in [0.2, 0.25) is 5.91 Å². The number of hydrogen-bond acceptors (Lipinski definition) is 4. The fraction of sp³-hybridized carbons (Fsp3) is 0.348. The quantitative estimate of drug-likeness (QED) is 0.619. The number of aromatic nitrogens is 2. The summed E-state index contributed by atoms with van der Waals surface area (Å²) in [6, 6.07) is 18.5. The van der Waals surface area contributed by atoms with Gasteiger partial charge in [-0.15, -0.1) is 0 Å². The largest absolute Gasteiger partial charge is 0.342 e. The highest BCUT2D eigenvalue weighted by Gasteiger charge is 2.33. The van der Waals surface area contributed by atoms with E-state index in [1.807, 2.05) is 23.1 Å². The third-order valence-corrected chi connectivity index (χ3v) is 5.37. The van der Waals surface area contributed by atoms with E-state index in [4.69, 9.17) is 4.52 Å². The molecule has 3 aromatic rings. The molecule has 1 amide bonds. The second-order valence-corrected chi connectivity index (χ2v) is 7.34. The molecule has 1 saturated heterocycles. The number of carbonyl (C=O) groups excluding carboxylic acids is 1. The van der Waals surface area contributed by atoms with E-state index in [0.29, 0.717) is 24.7 Å².